The smallest absolute Gasteiger partial charge is 0.388 e. The van der Waals surface area contributed by atoms with Crippen molar-refractivity contribution in [1.82, 2.24) is 10.6 Å². The summed E-state index contributed by atoms with van der Waals surface area (Å²) in [4.78, 5) is 4.37. The van der Waals surface area contributed by atoms with Crippen LogP contribution in [0.1, 0.15) is 59.3 Å². The molecule has 1 saturated carbocycles. The van der Waals surface area contributed by atoms with Crippen LogP contribution in [0.3, 0.4) is 0 Å². The molecule has 1 aliphatic carbocycles. The second-order valence-corrected chi connectivity index (χ2v) is 6.37. The molecule has 1 aliphatic rings. The van der Waals surface area contributed by atoms with E-state index in [0.29, 0.717) is 38.2 Å². The maximum absolute atomic E-state index is 12.9. The second kappa shape index (κ2) is 10.7. The minimum absolute atomic E-state index is 0. The van der Waals surface area contributed by atoms with Crippen LogP contribution in [0.4, 0.5) is 13.2 Å². The SMILES string of the molecule is CCNC(=NCC(O)(CC)CC)NC1CCCC(C(F)(F)F)C1.I. The number of nitrogens with one attached hydrogen (secondary N) is 2. The van der Waals surface area contributed by atoms with Gasteiger partial charge in [-0.25, -0.2) is 0 Å². The van der Waals surface area contributed by atoms with Crippen LogP contribution < -0.4 is 10.6 Å². The van der Waals surface area contributed by atoms with Crippen LogP contribution in [-0.4, -0.2) is 42.0 Å². The molecule has 0 aromatic carbocycles. The fourth-order valence-electron chi connectivity index (χ4n) is 2.83. The Morgan fingerprint density at radius 3 is 2.29 bits per heavy atom. The summed E-state index contributed by atoms with van der Waals surface area (Å²) in [6.07, 6.45) is -1.38. The van der Waals surface area contributed by atoms with Crippen LogP contribution in [0, 0.1) is 5.92 Å². The Kier molecular flexibility index (Phi) is 10.6. The summed E-state index contributed by atoms with van der Waals surface area (Å²) >= 11 is 0. The maximum atomic E-state index is 12.9. The average molecular weight is 465 g/mol. The first-order valence-corrected chi connectivity index (χ1v) is 8.58. The highest BCUT2D eigenvalue weighted by Gasteiger charge is 2.42. The molecule has 144 valence electrons. The third-order valence-corrected chi connectivity index (χ3v) is 4.67. The van der Waals surface area contributed by atoms with E-state index in [9.17, 15) is 18.3 Å². The van der Waals surface area contributed by atoms with Gasteiger partial charge >= 0.3 is 6.18 Å². The van der Waals surface area contributed by atoms with E-state index in [0.717, 1.165) is 0 Å². The maximum Gasteiger partial charge on any atom is 0.391 e. The third-order valence-electron chi connectivity index (χ3n) is 4.67. The van der Waals surface area contributed by atoms with Crippen molar-refractivity contribution in [3.63, 3.8) is 0 Å². The summed E-state index contributed by atoms with van der Waals surface area (Å²) < 4.78 is 38.7. The summed E-state index contributed by atoms with van der Waals surface area (Å²) in [5.41, 5.74) is -0.858. The van der Waals surface area contributed by atoms with Crippen LogP contribution in [0.25, 0.3) is 0 Å². The Labute approximate surface area is 160 Å². The molecule has 0 saturated heterocycles. The zero-order valence-electron chi connectivity index (χ0n) is 14.7. The van der Waals surface area contributed by atoms with E-state index >= 15 is 0 Å². The van der Waals surface area contributed by atoms with Crippen LogP contribution in [0.2, 0.25) is 0 Å². The van der Waals surface area contributed by atoms with Crippen molar-refractivity contribution in [1.29, 1.82) is 0 Å². The van der Waals surface area contributed by atoms with Gasteiger partial charge in [-0.2, -0.15) is 13.2 Å². The first kappa shape index (κ1) is 23.8. The lowest BCUT2D eigenvalue weighted by atomic mass is 9.85. The zero-order valence-corrected chi connectivity index (χ0v) is 17.1. The number of nitrogens with zero attached hydrogens (tertiary/aromatic N) is 1. The van der Waals surface area contributed by atoms with E-state index in [1.807, 2.05) is 20.8 Å². The lowest BCUT2D eigenvalue weighted by molar-refractivity contribution is -0.183. The van der Waals surface area contributed by atoms with Gasteiger partial charge in [0.1, 0.15) is 0 Å². The molecule has 0 heterocycles. The van der Waals surface area contributed by atoms with Gasteiger partial charge in [0, 0.05) is 12.6 Å². The Morgan fingerprint density at radius 2 is 1.79 bits per heavy atom. The van der Waals surface area contributed by atoms with Crippen molar-refractivity contribution in [2.24, 2.45) is 10.9 Å². The molecule has 4 nitrogen and oxygen atoms in total. The first-order chi connectivity index (χ1) is 10.7. The molecule has 0 bridgehead atoms. The molecule has 0 amide bonds. The van der Waals surface area contributed by atoms with Gasteiger partial charge in [-0.15, -0.1) is 24.0 Å². The molecule has 0 spiro atoms. The molecule has 2 unspecified atom stereocenters. The van der Waals surface area contributed by atoms with Gasteiger partial charge in [-0.05, 0) is 39.0 Å². The number of rotatable bonds is 6. The highest BCUT2D eigenvalue weighted by Crippen LogP contribution is 2.37. The molecule has 1 fully saturated rings. The second-order valence-electron chi connectivity index (χ2n) is 6.37. The summed E-state index contributed by atoms with van der Waals surface area (Å²) in [6, 6.07) is -0.232. The average Bonchev–Trinajstić information content (AvgIpc) is 2.52. The van der Waals surface area contributed by atoms with E-state index in [2.05, 4.69) is 15.6 Å². The van der Waals surface area contributed by atoms with Crippen LogP contribution >= 0.6 is 24.0 Å². The third kappa shape index (κ3) is 7.76. The number of aliphatic imine (C=N–C) groups is 1. The van der Waals surface area contributed by atoms with E-state index in [1.54, 1.807) is 0 Å². The van der Waals surface area contributed by atoms with Crippen molar-refractivity contribution in [2.75, 3.05) is 13.1 Å². The summed E-state index contributed by atoms with van der Waals surface area (Å²) in [5.74, 6) is -0.750. The van der Waals surface area contributed by atoms with E-state index in [-0.39, 0.29) is 49.4 Å². The summed E-state index contributed by atoms with van der Waals surface area (Å²) in [6.45, 7) is 6.56. The first-order valence-electron chi connectivity index (χ1n) is 8.58. The normalized spacial score (nSPS) is 22.7. The Hall–Kier alpha value is -0.250. The van der Waals surface area contributed by atoms with Crippen LogP contribution in [0.15, 0.2) is 4.99 Å². The molecule has 3 N–H and O–H groups in total. The topological polar surface area (TPSA) is 56.7 Å². The van der Waals surface area contributed by atoms with Gasteiger partial charge < -0.3 is 15.7 Å². The summed E-state index contributed by atoms with van der Waals surface area (Å²) in [5, 5.41) is 16.4. The lowest BCUT2D eigenvalue weighted by Crippen LogP contribution is -2.47. The van der Waals surface area contributed by atoms with Gasteiger partial charge in [-0.3, -0.25) is 4.99 Å². The molecule has 0 radical (unpaired) electrons. The zero-order chi connectivity index (χ0) is 17.5. The molecule has 1 rings (SSSR count). The number of hydrogen-bond donors (Lipinski definition) is 3. The molecule has 8 heteroatoms. The molecule has 2 atom stereocenters. The van der Waals surface area contributed by atoms with Crippen molar-refractivity contribution in [2.45, 2.75) is 77.1 Å². The number of aliphatic hydroxyl groups is 1. The van der Waals surface area contributed by atoms with Gasteiger partial charge in [-0.1, -0.05) is 20.3 Å². The van der Waals surface area contributed by atoms with Crippen molar-refractivity contribution < 1.29 is 18.3 Å². The summed E-state index contributed by atoms with van der Waals surface area (Å²) in [7, 11) is 0. The van der Waals surface area contributed by atoms with E-state index in [4.69, 9.17) is 0 Å². The Bertz CT molecular complexity index is 387. The Morgan fingerprint density at radius 1 is 1.17 bits per heavy atom. The predicted octanol–water partition coefficient (Wildman–Crippen LogP) is 3.83. The molecule has 24 heavy (non-hydrogen) atoms. The number of guanidine groups is 1. The minimum Gasteiger partial charge on any atom is -0.388 e. The Balaban J connectivity index is 0.00000529. The lowest BCUT2D eigenvalue weighted by Gasteiger charge is -2.32. The monoisotopic (exact) mass is 465 g/mol. The predicted molar refractivity (Wildman–Crippen MR) is 102 cm³/mol. The molecule has 0 aromatic rings. The standard InChI is InChI=1S/C16H30F3N3O.HI/c1-4-15(23,5-2)11-21-14(20-6-3)22-13-9-7-8-12(10-13)16(17,18)19;/h12-13,23H,4-11H2,1-3H3,(H2,20,21,22);1H. The minimum atomic E-state index is -4.12. The highest BCUT2D eigenvalue weighted by atomic mass is 127. The molecular weight excluding hydrogens is 434 g/mol. The van der Waals surface area contributed by atoms with E-state index in [1.165, 1.54) is 0 Å². The fraction of sp³-hybridized carbons (Fsp3) is 0.938. The van der Waals surface area contributed by atoms with Crippen molar-refractivity contribution in [3.8, 4) is 0 Å². The van der Waals surface area contributed by atoms with Gasteiger partial charge in [0.15, 0.2) is 5.96 Å². The van der Waals surface area contributed by atoms with Gasteiger partial charge in [0.25, 0.3) is 0 Å². The number of hydrogen-bond acceptors (Lipinski definition) is 2. The largest absolute Gasteiger partial charge is 0.391 e. The molecule has 0 aliphatic heterocycles. The molecule has 0 aromatic heterocycles. The number of halogens is 4. The van der Waals surface area contributed by atoms with Crippen LogP contribution in [-0.2, 0) is 0 Å². The molecular formula is C16H31F3IN3O. The fourth-order valence-corrected chi connectivity index (χ4v) is 2.83. The highest BCUT2D eigenvalue weighted by molar-refractivity contribution is 14.0. The van der Waals surface area contributed by atoms with Gasteiger partial charge in [0.2, 0.25) is 0 Å². The van der Waals surface area contributed by atoms with Crippen molar-refractivity contribution >= 4 is 29.9 Å². The van der Waals surface area contributed by atoms with Crippen molar-refractivity contribution in [3.05, 3.63) is 0 Å². The van der Waals surface area contributed by atoms with Gasteiger partial charge in [0.05, 0.1) is 18.1 Å². The quantitative estimate of drug-likeness (QED) is 0.318. The number of alkyl halides is 3. The van der Waals surface area contributed by atoms with E-state index < -0.39 is 17.7 Å². The van der Waals surface area contributed by atoms with Crippen LogP contribution in [0.5, 0.6) is 0 Å².